The standard InChI is InChI=1S/C19H19N5OS/c25-17-14-4-6-19(5-2-9-24(12-19)18-21-8-10-26-18)15(14)22-16(23-17)13-3-1-7-20-11-13/h1,3,7-8,10-11H,2,4-6,9,12H2,(H,22,23,25). The first-order chi connectivity index (χ1) is 12.8. The highest BCUT2D eigenvalue weighted by Crippen LogP contribution is 2.44. The first-order valence-electron chi connectivity index (χ1n) is 8.94. The Morgan fingerprint density at radius 3 is 3.04 bits per heavy atom. The summed E-state index contributed by atoms with van der Waals surface area (Å²) in [6.07, 6.45) is 9.28. The second-order valence-corrected chi connectivity index (χ2v) is 7.98. The van der Waals surface area contributed by atoms with E-state index in [1.807, 2.05) is 23.7 Å². The number of pyridine rings is 1. The molecule has 132 valence electrons. The zero-order valence-corrected chi connectivity index (χ0v) is 15.1. The molecule has 5 rings (SSSR count). The molecule has 1 spiro atoms. The third-order valence-corrected chi connectivity index (χ3v) is 6.41. The molecule has 0 radical (unpaired) electrons. The van der Waals surface area contributed by atoms with Crippen LogP contribution in [0.4, 0.5) is 5.13 Å². The lowest BCUT2D eigenvalue weighted by molar-refractivity contribution is 0.334. The molecule has 0 saturated carbocycles. The Hall–Kier alpha value is -2.54. The monoisotopic (exact) mass is 365 g/mol. The molecule has 7 heteroatoms. The maximum Gasteiger partial charge on any atom is 0.254 e. The summed E-state index contributed by atoms with van der Waals surface area (Å²) in [4.78, 5) is 31.6. The molecule has 1 saturated heterocycles. The van der Waals surface area contributed by atoms with Gasteiger partial charge in [0.1, 0.15) is 5.82 Å². The van der Waals surface area contributed by atoms with Gasteiger partial charge in [0.2, 0.25) is 0 Å². The fourth-order valence-corrected chi connectivity index (χ4v) is 5.03. The van der Waals surface area contributed by atoms with Gasteiger partial charge in [0, 0.05) is 53.6 Å². The zero-order valence-electron chi connectivity index (χ0n) is 14.3. The first-order valence-corrected chi connectivity index (χ1v) is 9.82. The van der Waals surface area contributed by atoms with Crippen molar-refractivity contribution in [3.8, 4) is 11.4 Å². The molecule has 3 aromatic heterocycles. The maximum atomic E-state index is 12.7. The van der Waals surface area contributed by atoms with Crippen LogP contribution in [0.2, 0.25) is 0 Å². The minimum atomic E-state index is -0.0511. The van der Waals surface area contributed by atoms with Crippen LogP contribution in [0.3, 0.4) is 0 Å². The number of aromatic amines is 1. The van der Waals surface area contributed by atoms with Crippen molar-refractivity contribution in [2.24, 2.45) is 0 Å². The van der Waals surface area contributed by atoms with Crippen molar-refractivity contribution >= 4 is 16.5 Å². The van der Waals surface area contributed by atoms with Gasteiger partial charge < -0.3 is 9.88 Å². The molecule has 1 aliphatic carbocycles. The number of hydrogen-bond acceptors (Lipinski definition) is 6. The molecule has 1 aliphatic heterocycles. The molecule has 0 aromatic carbocycles. The number of nitrogens with one attached hydrogen (secondary N) is 1. The maximum absolute atomic E-state index is 12.7. The summed E-state index contributed by atoms with van der Waals surface area (Å²) < 4.78 is 0. The van der Waals surface area contributed by atoms with Crippen LogP contribution in [0.25, 0.3) is 11.4 Å². The fourth-order valence-electron chi connectivity index (χ4n) is 4.36. The Morgan fingerprint density at radius 2 is 2.23 bits per heavy atom. The van der Waals surface area contributed by atoms with Crippen LogP contribution in [0.1, 0.15) is 30.5 Å². The Kier molecular flexibility index (Phi) is 3.63. The predicted octanol–water partition coefficient (Wildman–Crippen LogP) is 2.77. The topological polar surface area (TPSA) is 74.8 Å². The summed E-state index contributed by atoms with van der Waals surface area (Å²) in [7, 11) is 0. The van der Waals surface area contributed by atoms with Gasteiger partial charge >= 0.3 is 0 Å². The zero-order chi connectivity index (χ0) is 17.6. The van der Waals surface area contributed by atoms with E-state index in [2.05, 4.69) is 19.9 Å². The van der Waals surface area contributed by atoms with Crippen LogP contribution in [0.5, 0.6) is 0 Å². The Morgan fingerprint density at radius 1 is 1.27 bits per heavy atom. The Bertz CT molecular complexity index is 985. The summed E-state index contributed by atoms with van der Waals surface area (Å²) in [5.74, 6) is 0.620. The molecule has 0 amide bonds. The van der Waals surface area contributed by atoms with Gasteiger partial charge in [0.15, 0.2) is 5.13 Å². The second kappa shape index (κ2) is 6.02. The largest absolute Gasteiger partial charge is 0.347 e. The van der Waals surface area contributed by atoms with Gasteiger partial charge in [-0.15, -0.1) is 11.3 Å². The van der Waals surface area contributed by atoms with Crippen LogP contribution < -0.4 is 10.5 Å². The second-order valence-electron chi connectivity index (χ2n) is 7.10. The highest BCUT2D eigenvalue weighted by Gasteiger charge is 2.45. The average Bonchev–Trinajstić information content (AvgIpc) is 3.32. The van der Waals surface area contributed by atoms with Crippen LogP contribution in [0, 0.1) is 0 Å². The Balaban J connectivity index is 1.58. The van der Waals surface area contributed by atoms with Gasteiger partial charge in [-0.1, -0.05) is 0 Å². The van der Waals surface area contributed by atoms with Crippen LogP contribution in [0.15, 0.2) is 40.9 Å². The Labute approximate surface area is 155 Å². The summed E-state index contributed by atoms with van der Waals surface area (Å²) >= 11 is 1.67. The van der Waals surface area contributed by atoms with E-state index in [0.29, 0.717) is 5.82 Å². The smallest absolute Gasteiger partial charge is 0.254 e. The quantitative estimate of drug-likeness (QED) is 0.756. The lowest BCUT2D eigenvalue weighted by Gasteiger charge is -2.40. The number of aromatic nitrogens is 4. The van der Waals surface area contributed by atoms with E-state index in [0.717, 1.165) is 60.7 Å². The summed E-state index contributed by atoms with van der Waals surface area (Å²) in [5, 5.41) is 3.08. The van der Waals surface area contributed by atoms with E-state index in [1.165, 1.54) is 0 Å². The van der Waals surface area contributed by atoms with Crippen LogP contribution in [-0.2, 0) is 11.8 Å². The van der Waals surface area contributed by atoms with E-state index in [9.17, 15) is 4.79 Å². The van der Waals surface area contributed by atoms with Gasteiger partial charge in [-0.25, -0.2) is 9.97 Å². The third kappa shape index (κ3) is 2.46. The molecule has 4 heterocycles. The lowest BCUT2D eigenvalue weighted by atomic mass is 9.77. The average molecular weight is 365 g/mol. The molecular formula is C19H19N5OS. The molecule has 3 aromatic rings. The third-order valence-electron chi connectivity index (χ3n) is 5.57. The molecule has 6 nitrogen and oxygen atoms in total. The molecule has 1 atom stereocenters. The summed E-state index contributed by atoms with van der Waals surface area (Å²) in [6, 6.07) is 3.80. The van der Waals surface area contributed by atoms with Crippen molar-refractivity contribution < 1.29 is 0 Å². The van der Waals surface area contributed by atoms with Gasteiger partial charge in [-0.05, 0) is 37.8 Å². The van der Waals surface area contributed by atoms with Crippen molar-refractivity contribution in [3.63, 3.8) is 0 Å². The SMILES string of the molecule is O=c1[nH]c(-c2cccnc2)nc2c1CCC21CCCN(c2nccs2)C1. The number of rotatable bonds is 2. The van der Waals surface area contributed by atoms with Crippen molar-refractivity contribution in [3.05, 3.63) is 57.7 Å². The number of hydrogen-bond donors (Lipinski definition) is 1. The number of thiazole rings is 1. The van der Waals surface area contributed by atoms with E-state index in [4.69, 9.17) is 4.98 Å². The van der Waals surface area contributed by atoms with Gasteiger partial charge in [-0.3, -0.25) is 9.78 Å². The molecule has 0 bridgehead atoms. The van der Waals surface area contributed by atoms with Crippen molar-refractivity contribution in [1.29, 1.82) is 0 Å². The molecular weight excluding hydrogens is 346 g/mol. The minimum Gasteiger partial charge on any atom is -0.347 e. The number of anilines is 1. The van der Waals surface area contributed by atoms with Crippen molar-refractivity contribution in [1.82, 2.24) is 19.9 Å². The molecule has 2 aliphatic rings. The number of piperidine rings is 1. The summed E-state index contributed by atoms with van der Waals surface area (Å²) in [6.45, 7) is 1.90. The van der Waals surface area contributed by atoms with Gasteiger partial charge in [-0.2, -0.15) is 0 Å². The van der Waals surface area contributed by atoms with E-state index < -0.39 is 0 Å². The number of fused-ring (bicyclic) bond motifs is 2. The fraction of sp³-hybridized carbons (Fsp3) is 0.368. The van der Waals surface area contributed by atoms with Crippen LogP contribution in [-0.4, -0.2) is 33.0 Å². The molecule has 1 unspecified atom stereocenters. The van der Waals surface area contributed by atoms with Crippen molar-refractivity contribution in [2.75, 3.05) is 18.0 Å². The van der Waals surface area contributed by atoms with Gasteiger partial charge in [0.05, 0.1) is 5.69 Å². The lowest BCUT2D eigenvalue weighted by Crippen LogP contribution is -2.45. The van der Waals surface area contributed by atoms with Crippen molar-refractivity contribution in [2.45, 2.75) is 31.1 Å². The van der Waals surface area contributed by atoms with E-state index in [-0.39, 0.29) is 11.0 Å². The molecule has 1 N–H and O–H groups in total. The van der Waals surface area contributed by atoms with E-state index in [1.54, 1.807) is 23.7 Å². The predicted molar refractivity (Wildman–Crippen MR) is 102 cm³/mol. The van der Waals surface area contributed by atoms with Crippen LogP contribution >= 0.6 is 11.3 Å². The number of nitrogens with zero attached hydrogens (tertiary/aromatic N) is 4. The highest BCUT2D eigenvalue weighted by atomic mass is 32.1. The summed E-state index contributed by atoms with van der Waals surface area (Å²) in [5.41, 5.74) is 2.64. The normalized spacial score (nSPS) is 21.9. The highest BCUT2D eigenvalue weighted by molar-refractivity contribution is 7.13. The minimum absolute atomic E-state index is 0.00269. The molecule has 1 fully saturated rings. The molecule has 26 heavy (non-hydrogen) atoms. The van der Waals surface area contributed by atoms with E-state index >= 15 is 0 Å². The van der Waals surface area contributed by atoms with Gasteiger partial charge in [0.25, 0.3) is 5.56 Å². The number of H-pyrrole nitrogens is 1. The first kappa shape index (κ1) is 15.7.